The van der Waals surface area contributed by atoms with Crippen LogP contribution >= 0.6 is 11.3 Å². The Kier molecular flexibility index (Phi) is 5.93. The average molecular weight is 372 g/mol. The Morgan fingerprint density at radius 2 is 1.85 bits per heavy atom. The second kappa shape index (κ2) is 8.36. The summed E-state index contributed by atoms with van der Waals surface area (Å²) in [6.07, 6.45) is 1.26. The molecule has 0 unspecified atom stereocenters. The molecule has 1 fully saturated rings. The van der Waals surface area contributed by atoms with Gasteiger partial charge in [-0.05, 0) is 41.6 Å². The SMILES string of the molecule is CCc1cc(C(=O)N2CCN(C(=O)Cc3cccs3)CC2)ccc1OC. The first-order valence-electron chi connectivity index (χ1n) is 8.88. The lowest BCUT2D eigenvalue weighted by atomic mass is 10.1. The lowest BCUT2D eigenvalue weighted by Crippen LogP contribution is -2.51. The van der Waals surface area contributed by atoms with Gasteiger partial charge in [0, 0.05) is 36.6 Å². The number of amides is 2. The van der Waals surface area contributed by atoms with Crippen molar-refractivity contribution < 1.29 is 14.3 Å². The molecule has 0 atom stereocenters. The molecule has 0 saturated carbocycles. The Morgan fingerprint density at radius 3 is 2.46 bits per heavy atom. The van der Waals surface area contributed by atoms with Crippen molar-refractivity contribution in [3.8, 4) is 5.75 Å². The zero-order valence-corrected chi connectivity index (χ0v) is 16.1. The van der Waals surface area contributed by atoms with Crippen LogP contribution in [0.15, 0.2) is 35.7 Å². The van der Waals surface area contributed by atoms with Crippen LogP contribution in [0.2, 0.25) is 0 Å². The van der Waals surface area contributed by atoms with E-state index in [4.69, 9.17) is 4.74 Å². The Morgan fingerprint density at radius 1 is 1.12 bits per heavy atom. The highest BCUT2D eigenvalue weighted by Crippen LogP contribution is 2.22. The first-order valence-corrected chi connectivity index (χ1v) is 9.76. The molecule has 138 valence electrons. The molecular weight excluding hydrogens is 348 g/mol. The quantitative estimate of drug-likeness (QED) is 0.811. The van der Waals surface area contributed by atoms with E-state index < -0.39 is 0 Å². The minimum atomic E-state index is 0.0210. The number of methoxy groups -OCH3 is 1. The summed E-state index contributed by atoms with van der Waals surface area (Å²) >= 11 is 1.60. The van der Waals surface area contributed by atoms with Gasteiger partial charge in [-0.15, -0.1) is 11.3 Å². The van der Waals surface area contributed by atoms with Crippen LogP contribution in [-0.4, -0.2) is 54.9 Å². The van der Waals surface area contributed by atoms with E-state index in [0.29, 0.717) is 38.2 Å². The van der Waals surface area contributed by atoms with Gasteiger partial charge in [0.2, 0.25) is 5.91 Å². The number of hydrogen-bond donors (Lipinski definition) is 0. The van der Waals surface area contributed by atoms with Gasteiger partial charge in [0.1, 0.15) is 5.75 Å². The molecule has 2 amide bonds. The minimum Gasteiger partial charge on any atom is -0.496 e. The number of benzene rings is 1. The van der Waals surface area contributed by atoms with Gasteiger partial charge in [0.05, 0.1) is 13.5 Å². The van der Waals surface area contributed by atoms with E-state index in [1.54, 1.807) is 18.4 Å². The van der Waals surface area contributed by atoms with Gasteiger partial charge in [-0.25, -0.2) is 0 Å². The van der Waals surface area contributed by atoms with Gasteiger partial charge in [-0.1, -0.05) is 13.0 Å². The van der Waals surface area contributed by atoms with E-state index in [0.717, 1.165) is 22.6 Å². The molecule has 2 aromatic rings. The number of ether oxygens (including phenoxy) is 1. The molecule has 5 nitrogen and oxygen atoms in total. The van der Waals surface area contributed by atoms with Gasteiger partial charge in [-0.2, -0.15) is 0 Å². The molecule has 2 heterocycles. The molecule has 1 aromatic heterocycles. The maximum absolute atomic E-state index is 12.8. The van der Waals surface area contributed by atoms with Crippen molar-refractivity contribution in [1.82, 2.24) is 9.80 Å². The van der Waals surface area contributed by atoms with Crippen LogP contribution in [0.3, 0.4) is 0 Å². The third-order valence-corrected chi connectivity index (χ3v) is 5.61. The number of hydrogen-bond acceptors (Lipinski definition) is 4. The summed E-state index contributed by atoms with van der Waals surface area (Å²) in [7, 11) is 1.64. The van der Waals surface area contributed by atoms with E-state index in [9.17, 15) is 9.59 Å². The van der Waals surface area contributed by atoms with Gasteiger partial charge < -0.3 is 14.5 Å². The molecule has 1 aliphatic rings. The van der Waals surface area contributed by atoms with Crippen molar-refractivity contribution in [1.29, 1.82) is 0 Å². The van der Waals surface area contributed by atoms with Crippen LogP contribution in [0.25, 0.3) is 0 Å². The fraction of sp³-hybridized carbons (Fsp3) is 0.400. The maximum atomic E-state index is 12.8. The molecule has 1 aliphatic heterocycles. The van der Waals surface area contributed by atoms with Gasteiger partial charge in [-0.3, -0.25) is 9.59 Å². The Labute approximate surface area is 158 Å². The smallest absolute Gasteiger partial charge is 0.253 e. The largest absolute Gasteiger partial charge is 0.496 e. The molecule has 0 aliphatic carbocycles. The summed E-state index contributed by atoms with van der Waals surface area (Å²) < 4.78 is 5.33. The van der Waals surface area contributed by atoms with Crippen LogP contribution < -0.4 is 4.74 Å². The van der Waals surface area contributed by atoms with E-state index in [1.165, 1.54) is 0 Å². The predicted octanol–water partition coefficient (Wildman–Crippen LogP) is 2.85. The van der Waals surface area contributed by atoms with Crippen LogP contribution in [0.5, 0.6) is 5.75 Å². The van der Waals surface area contributed by atoms with Crippen molar-refractivity contribution in [2.45, 2.75) is 19.8 Å². The zero-order chi connectivity index (χ0) is 18.5. The summed E-state index contributed by atoms with van der Waals surface area (Å²) in [6.45, 7) is 4.37. The van der Waals surface area contributed by atoms with Crippen molar-refractivity contribution in [3.63, 3.8) is 0 Å². The van der Waals surface area contributed by atoms with Gasteiger partial charge in [0.15, 0.2) is 0 Å². The van der Waals surface area contributed by atoms with Crippen molar-refractivity contribution in [2.75, 3.05) is 33.3 Å². The molecule has 0 N–H and O–H groups in total. The second-order valence-electron chi connectivity index (χ2n) is 6.31. The van der Waals surface area contributed by atoms with E-state index >= 15 is 0 Å². The van der Waals surface area contributed by atoms with E-state index in [1.807, 2.05) is 52.4 Å². The minimum absolute atomic E-state index is 0.0210. The summed E-state index contributed by atoms with van der Waals surface area (Å²) in [5.41, 5.74) is 1.71. The fourth-order valence-corrected chi connectivity index (χ4v) is 3.90. The maximum Gasteiger partial charge on any atom is 0.253 e. The fourth-order valence-electron chi connectivity index (χ4n) is 3.20. The topological polar surface area (TPSA) is 49.9 Å². The number of carbonyl (C=O) groups excluding carboxylic acids is 2. The van der Waals surface area contributed by atoms with Crippen LogP contribution in [0.4, 0.5) is 0 Å². The monoisotopic (exact) mass is 372 g/mol. The summed E-state index contributed by atoms with van der Waals surface area (Å²) in [4.78, 5) is 29.9. The number of carbonyl (C=O) groups is 2. The third kappa shape index (κ3) is 4.07. The number of thiophene rings is 1. The number of piperazine rings is 1. The van der Waals surface area contributed by atoms with Crippen LogP contribution in [-0.2, 0) is 17.6 Å². The first-order chi connectivity index (χ1) is 12.6. The third-order valence-electron chi connectivity index (χ3n) is 4.73. The van der Waals surface area contributed by atoms with E-state index in [-0.39, 0.29) is 11.8 Å². The molecule has 0 spiro atoms. The van der Waals surface area contributed by atoms with Crippen molar-refractivity contribution in [2.24, 2.45) is 0 Å². The number of aryl methyl sites for hydroxylation is 1. The van der Waals surface area contributed by atoms with Gasteiger partial charge in [0.25, 0.3) is 5.91 Å². The highest BCUT2D eigenvalue weighted by molar-refractivity contribution is 7.10. The average Bonchev–Trinajstić information content (AvgIpc) is 3.20. The Hall–Kier alpha value is -2.34. The van der Waals surface area contributed by atoms with Gasteiger partial charge >= 0.3 is 0 Å². The predicted molar refractivity (Wildman–Crippen MR) is 103 cm³/mol. The van der Waals surface area contributed by atoms with E-state index in [2.05, 4.69) is 0 Å². The molecule has 0 bridgehead atoms. The summed E-state index contributed by atoms with van der Waals surface area (Å²) in [5.74, 6) is 0.970. The number of nitrogens with zero attached hydrogens (tertiary/aromatic N) is 2. The molecule has 1 aromatic carbocycles. The van der Waals surface area contributed by atoms with Crippen molar-refractivity contribution >= 4 is 23.2 Å². The van der Waals surface area contributed by atoms with Crippen molar-refractivity contribution in [3.05, 3.63) is 51.7 Å². The van der Waals surface area contributed by atoms with Crippen LogP contribution in [0, 0.1) is 0 Å². The lowest BCUT2D eigenvalue weighted by Gasteiger charge is -2.35. The normalized spacial score (nSPS) is 14.4. The lowest BCUT2D eigenvalue weighted by molar-refractivity contribution is -0.131. The standard InChI is InChI=1S/C20H24N2O3S/c1-3-15-13-16(6-7-18(15)25-2)20(24)22-10-8-21(9-11-22)19(23)14-17-5-4-12-26-17/h4-7,12-13H,3,8-11,14H2,1-2H3. The number of rotatable bonds is 5. The molecule has 3 rings (SSSR count). The summed E-state index contributed by atoms with van der Waals surface area (Å²) in [6, 6.07) is 9.53. The second-order valence-corrected chi connectivity index (χ2v) is 7.34. The Balaban J connectivity index is 1.59. The molecule has 26 heavy (non-hydrogen) atoms. The highest BCUT2D eigenvalue weighted by Gasteiger charge is 2.25. The molecule has 6 heteroatoms. The zero-order valence-electron chi connectivity index (χ0n) is 15.2. The molecule has 1 saturated heterocycles. The summed E-state index contributed by atoms with van der Waals surface area (Å²) in [5, 5.41) is 1.98. The first kappa shape index (κ1) is 18.5. The highest BCUT2D eigenvalue weighted by atomic mass is 32.1. The van der Waals surface area contributed by atoms with Crippen LogP contribution in [0.1, 0.15) is 27.7 Å². The molecular formula is C20H24N2O3S. The Bertz CT molecular complexity index is 765. The molecule has 0 radical (unpaired) electrons.